The van der Waals surface area contributed by atoms with Crippen molar-refractivity contribution in [3.8, 4) is 0 Å². The van der Waals surface area contributed by atoms with Gasteiger partial charge in [-0.15, -0.1) is 12.4 Å². The topological polar surface area (TPSA) is 38.3 Å². The smallest absolute Gasteiger partial charge is 0.407 e. The largest absolute Gasteiger partial charge is 0.449 e. The summed E-state index contributed by atoms with van der Waals surface area (Å²) >= 11 is 0. The van der Waals surface area contributed by atoms with Crippen molar-refractivity contribution in [3.05, 3.63) is 33.4 Å². The maximum absolute atomic E-state index is 11.7. The maximum Gasteiger partial charge on any atom is 0.407 e. The summed E-state index contributed by atoms with van der Waals surface area (Å²) in [5, 5.41) is 3.02. The van der Waals surface area contributed by atoms with Crippen molar-refractivity contribution in [2.75, 3.05) is 6.61 Å². The molecule has 1 amide bonds. The molecule has 0 aliphatic carbocycles. The lowest BCUT2D eigenvalue weighted by Crippen LogP contribution is -2.47. The zero-order valence-electron chi connectivity index (χ0n) is 14.0. The Morgan fingerprint density at radius 3 is 1.86 bits per heavy atom. The lowest BCUT2D eigenvalue weighted by atomic mass is 9.75. The highest BCUT2D eigenvalue weighted by atomic mass is 35.5. The maximum atomic E-state index is 11.7. The molecule has 0 saturated carbocycles. The molecule has 21 heavy (non-hydrogen) atoms. The number of carbonyl (C=O) groups is 1. The number of rotatable bonds is 1. The minimum atomic E-state index is -0.316. The number of hydrogen-bond donors (Lipinski definition) is 1. The van der Waals surface area contributed by atoms with E-state index in [0.717, 1.165) is 0 Å². The lowest BCUT2D eigenvalue weighted by Gasteiger charge is -2.40. The number of benzene rings is 1. The minimum Gasteiger partial charge on any atom is -0.449 e. The molecular weight excluding hydrogens is 286 g/mol. The SMILES string of the molecule is Cc1c(C)c(C)c([C@@H]2NC(=O)OCC2(C)C)c(C)c1C.Cl. The molecule has 1 heterocycles. The van der Waals surface area contributed by atoms with Crippen molar-refractivity contribution >= 4 is 18.5 Å². The van der Waals surface area contributed by atoms with Crippen molar-refractivity contribution < 1.29 is 9.53 Å². The van der Waals surface area contributed by atoms with Crippen molar-refractivity contribution in [1.29, 1.82) is 0 Å². The number of alkyl carbamates (subject to hydrolysis) is 1. The molecule has 2 rings (SSSR count). The number of halogens is 1. The molecule has 0 bridgehead atoms. The van der Waals surface area contributed by atoms with E-state index in [-0.39, 0.29) is 30.0 Å². The molecule has 0 spiro atoms. The summed E-state index contributed by atoms with van der Waals surface area (Å²) in [7, 11) is 0. The van der Waals surface area contributed by atoms with E-state index in [1.807, 2.05) is 0 Å². The van der Waals surface area contributed by atoms with Gasteiger partial charge in [0.05, 0.1) is 6.04 Å². The highest BCUT2D eigenvalue weighted by molar-refractivity contribution is 5.85. The van der Waals surface area contributed by atoms with Gasteiger partial charge in [0.25, 0.3) is 0 Å². The molecule has 4 heteroatoms. The van der Waals surface area contributed by atoms with Crippen LogP contribution in [0.1, 0.15) is 53.3 Å². The summed E-state index contributed by atoms with van der Waals surface area (Å²) in [6.45, 7) is 15.5. The van der Waals surface area contributed by atoms with Gasteiger partial charge in [0.1, 0.15) is 6.61 Å². The number of amides is 1. The molecule has 1 N–H and O–H groups in total. The van der Waals surface area contributed by atoms with Gasteiger partial charge in [-0.2, -0.15) is 0 Å². The molecule has 0 unspecified atom stereocenters. The molecule has 1 saturated heterocycles. The molecule has 1 aromatic rings. The average molecular weight is 312 g/mol. The van der Waals surface area contributed by atoms with E-state index in [0.29, 0.717) is 6.61 Å². The van der Waals surface area contributed by atoms with Gasteiger partial charge in [-0.05, 0) is 68.0 Å². The van der Waals surface area contributed by atoms with Gasteiger partial charge in [0, 0.05) is 5.41 Å². The van der Waals surface area contributed by atoms with Crippen LogP contribution in [0.2, 0.25) is 0 Å². The van der Waals surface area contributed by atoms with Crippen molar-refractivity contribution in [2.24, 2.45) is 5.41 Å². The first kappa shape index (κ1) is 17.8. The van der Waals surface area contributed by atoms with Gasteiger partial charge in [0.2, 0.25) is 0 Å². The quantitative estimate of drug-likeness (QED) is 0.831. The molecule has 1 aliphatic heterocycles. The summed E-state index contributed by atoms with van der Waals surface area (Å²) in [6, 6.07) is 0.00162. The Morgan fingerprint density at radius 1 is 0.952 bits per heavy atom. The van der Waals surface area contributed by atoms with Crippen LogP contribution in [0.15, 0.2) is 0 Å². The molecule has 0 aromatic heterocycles. The summed E-state index contributed by atoms with van der Waals surface area (Å²) in [4.78, 5) is 11.7. The van der Waals surface area contributed by atoms with Crippen LogP contribution in [-0.2, 0) is 4.74 Å². The van der Waals surface area contributed by atoms with Gasteiger partial charge in [-0.25, -0.2) is 4.79 Å². The van der Waals surface area contributed by atoms with Crippen molar-refractivity contribution in [2.45, 2.75) is 54.5 Å². The Kier molecular flexibility index (Phi) is 4.99. The standard InChI is InChI=1S/C17H25NO2.ClH/c1-9-10(2)12(4)14(13(5)11(9)3)15-17(6,7)8-20-16(19)18-15;/h15H,8H2,1-7H3,(H,18,19);1H/t15-;/m0./s1. The van der Waals surface area contributed by atoms with Crippen LogP contribution in [-0.4, -0.2) is 12.7 Å². The Bertz CT molecular complexity index is 550. The number of nitrogens with one attached hydrogen (secondary N) is 1. The zero-order chi connectivity index (χ0) is 15.2. The first-order valence-electron chi connectivity index (χ1n) is 7.17. The molecular formula is C17H26ClNO2. The van der Waals surface area contributed by atoms with Gasteiger partial charge < -0.3 is 10.1 Å². The van der Waals surface area contributed by atoms with Gasteiger partial charge in [0.15, 0.2) is 0 Å². The van der Waals surface area contributed by atoms with E-state index in [1.54, 1.807) is 0 Å². The van der Waals surface area contributed by atoms with Gasteiger partial charge in [-0.1, -0.05) is 13.8 Å². The van der Waals surface area contributed by atoms with Crippen molar-refractivity contribution in [3.63, 3.8) is 0 Å². The predicted molar refractivity (Wildman–Crippen MR) is 88.4 cm³/mol. The van der Waals surface area contributed by atoms with Crippen molar-refractivity contribution in [1.82, 2.24) is 5.32 Å². The molecule has 1 aliphatic rings. The minimum absolute atomic E-state index is 0. The third-order valence-corrected chi connectivity index (χ3v) is 4.97. The first-order valence-corrected chi connectivity index (χ1v) is 7.17. The van der Waals surface area contributed by atoms with E-state index in [2.05, 4.69) is 53.8 Å². The Balaban J connectivity index is 0.00000220. The fourth-order valence-electron chi connectivity index (χ4n) is 3.11. The molecule has 3 nitrogen and oxygen atoms in total. The molecule has 1 fully saturated rings. The van der Waals surface area contributed by atoms with Crippen LogP contribution in [0.5, 0.6) is 0 Å². The monoisotopic (exact) mass is 311 g/mol. The van der Waals surface area contributed by atoms with Crippen LogP contribution in [0.25, 0.3) is 0 Å². The van der Waals surface area contributed by atoms with E-state index < -0.39 is 0 Å². The van der Waals surface area contributed by atoms with Crippen LogP contribution in [0.4, 0.5) is 4.79 Å². The van der Waals surface area contributed by atoms with Gasteiger partial charge >= 0.3 is 6.09 Å². The van der Waals surface area contributed by atoms with Crippen LogP contribution >= 0.6 is 12.4 Å². The van der Waals surface area contributed by atoms with Gasteiger partial charge in [-0.3, -0.25) is 0 Å². The van der Waals surface area contributed by atoms with E-state index in [1.165, 1.54) is 33.4 Å². The number of hydrogen-bond acceptors (Lipinski definition) is 2. The highest BCUT2D eigenvalue weighted by Gasteiger charge is 2.39. The second-order valence-electron chi connectivity index (χ2n) is 6.68. The Labute approximate surface area is 133 Å². The zero-order valence-corrected chi connectivity index (χ0v) is 14.8. The summed E-state index contributed by atoms with van der Waals surface area (Å²) in [5.74, 6) is 0. The molecule has 0 radical (unpaired) electrons. The first-order chi connectivity index (χ1) is 9.16. The highest BCUT2D eigenvalue weighted by Crippen LogP contribution is 2.41. The second-order valence-corrected chi connectivity index (χ2v) is 6.68. The van der Waals surface area contributed by atoms with Crippen LogP contribution < -0.4 is 5.32 Å². The number of carbonyl (C=O) groups excluding carboxylic acids is 1. The Hall–Kier alpha value is -1.22. The average Bonchev–Trinajstić information content (AvgIpc) is 2.39. The fraction of sp³-hybridized carbons (Fsp3) is 0.588. The fourth-order valence-corrected chi connectivity index (χ4v) is 3.11. The number of ether oxygens (including phenoxy) is 1. The summed E-state index contributed by atoms with van der Waals surface area (Å²) in [5.41, 5.74) is 7.70. The lowest BCUT2D eigenvalue weighted by molar-refractivity contribution is 0.0384. The molecule has 118 valence electrons. The molecule has 1 aromatic carbocycles. The normalized spacial score (nSPS) is 20.3. The van der Waals surface area contributed by atoms with Crippen LogP contribution in [0, 0.1) is 40.0 Å². The van der Waals surface area contributed by atoms with Crippen LogP contribution in [0.3, 0.4) is 0 Å². The number of cyclic esters (lactones) is 1. The third-order valence-electron chi connectivity index (χ3n) is 4.97. The summed E-state index contributed by atoms with van der Waals surface area (Å²) < 4.78 is 5.16. The third kappa shape index (κ3) is 2.89. The molecule has 1 atom stereocenters. The van der Waals surface area contributed by atoms with E-state index in [9.17, 15) is 4.79 Å². The van der Waals surface area contributed by atoms with E-state index >= 15 is 0 Å². The predicted octanol–water partition coefficient (Wildman–Crippen LogP) is 4.46. The summed E-state index contributed by atoms with van der Waals surface area (Å²) in [6.07, 6.45) is -0.316. The van der Waals surface area contributed by atoms with E-state index in [4.69, 9.17) is 4.74 Å². The Morgan fingerprint density at radius 2 is 1.38 bits per heavy atom. The second kappa shape index (κ2) is 5.88.